The number of carbonyl (C=O) groups excluding carboxylic acids is 2. The molecule has 0 saturated carbocycles. The van der Waals surface area contributed by atoms with Crippen LogP contribution in [0.15, 0.2) is 6.33 Å². The third kappa shape index (κ3) is 4.15. The number of aryl methyl sites for hydroxylation is 1. The van der Waals surface area contributed by atoms with Gasteiger partial charge in [0.1, 0.15) is 17.0 Å². The van der Waals surface area contributed by atoms with Crippen molar-refractivity contribution in [2.75, 3.05) is 31.5 Å². The summed E-state index contributed by atoms with van der Waals surface area (Å²) in [4.78, 5) is 39.6. The van der Waals surface area contributed by atoms with Crippen molar-refractivity contribution in [1.29, 1.82) is 0 Å². The highest BCUT2D eigenvalue weighted by Gasteiger charge is 2.29. The molecule has 1 N–H and O–H groups in total. The van der Waals surface area contributed by atoms with E-state index in [0.29, 0.717) is 12.5 Å². The van der Waals surface area contributed by atoms with Gasteiger partial charge >= 0.3 is 0 Å². The van der Waals surface area contributed by atoms with Crippen LogP contribution in [0, 0.1) is 6.92 Å². The van der Waals surface area contributed by atoms with Gasteiger partial charge in [0.25, 0.3) is 5.91 Å². The van der Waals surface area contributed by atoms with Crippen LogP contribution in [-0.2, 0) is 4.79 Å². The van der Waals surface area contributed by atoms with Crippen LogP contribution >= 0.6 is 11.3 Å². The Balaban J connectivity index is 1.48. The molecule has 0 unspecified atom stereocenters. The molecule has 0 spiro atoms. The van der Waals surface area contributed by atoms with Crippen molar-refractivity contribution in [2.45, 2.75) is 64.8 Å². The van der Waals surface area contributed by atoms with Crippen molar-refractivity contribution >= 4 is 39.2 Å². The minimum atomic E-state index is 0.139. The lowest BCUT2D eigenvalue weighted by Crippen LogP contribution is -2.43. The van der Waals surface area contributed by atoms with E-state index >= 15 is 0 Å². The molecule has 4 heterocycles. The summed E-state index contributed by atoms with van der Waals surface area (Å²) in [6.45, 7) is 7.40. The Morgan fingerprint density at radius 1 is 1.27 bits per heavy atom. The minimum absolute atomic E-state index is 0.139. The van der Waals surface area contributed by atoms with E-state index in [1.807, 2.05) is 11.8 Å². The Hall–Kier alpha value is -2.22. The first-order chi connectivity index (χ1) is 14.6. The minimum Gasteiger partial charge on any atom is -0.369 e. The highest BCUT2D eigenvalue weighted by Crippen LogP contribution is 2.35. The zero-order valence-electron chi connectivity index (χ0n) is 17.9. The molecule has 1 atom stereocenters. The van der Waals surface area contributed by atoms with E-state index in [2.05, 4.69) is 27.1 Å². The highest BCUT2D eigenvalue weighted by atomic mass is 32.1. The van der Waals surface area contributed by atoms with Crippen LogP contribution in [0.2, 0.25) is 0 Å². The quantitative estimate of drug-likeness (QED) is 0.677. The first-order valence-electron chi connectivity index (χ1n) is 11.2. The van der Waals surface area contributed by atoms with Crippen LogP contribution in [0.25, 0.3) is 10.2 Å². The van der Waals surface area contributed by atoms with Crippen LogP contribution in [0.3, 0.4) is 0 Å². The zero-order chi connectivity index (χ0) is 21.1. The normalized spacial score (nSPS) is 19.7. The van der Waals surface area contributed by atoms with E-state index in [-0.39, 0.29) is 11.8 Å². The van der Waals surface area contributed by atoms with Crippen molar-refractivity contribution < 1.29 is 9.59 Å². The summed E-state index contributed by atoms with van der Waals surface area (Å²) in [6.07, 6.45) is 8.47. The summed E-state index contributed by atoms with van der Waals surface area (Å²) in [5.74, 6) is 1.19. The molecule has 2 saturated heterocycles. The van der Waals surface area contributed by atoms with Gasteiger partial charge in [-0.1, -0.05) is 6.92 Å². The fourth-order valence-electron chi connectivity index (χ4n) is 4.65. The molecule has 2 aliphatic rings. The number of thiophene rings is 1. The molecule has 0 bridgehead atoms. The largest absolute Gasteiger partial charge is 0.369 e. The summed E-state index contributed by atoms with van der Waals surface area (Å²) in [5.41, 5.74) is 0.971. The molecule has 8 heteroatoms. The van der Waals surface area contributed by atoms with E-state index in [9.17, 15) is 9.59 Å². The number of hydrogen-bond donors (Lipinski definition) is 1. The molecular weight excluding hydrogens is 398 g/mol. The van der Waals surface area contributed by atoms with E-state index in [0.717, 1.165) is 84.8 Å². The van der Waals surface area contributed by atoms with E-state index < -0.39 is 0 Å². The number of likely N-dealkylation sites (tertiary alicyclic amines) is 2. The number of nitrogens with zero attached hydrogens (tertiary/aromatic N) is 4. The standard InChI is InChI=1S/C22H31N5O2S/c1-3-16-8-4-5-13-27(16)22(29)19-15(2)18-20(24-14-25-21(18)30-19)23-10-7-12-26-11-6-9-17(26)28/h14,16H,3-13H2,1-2H3,(H,23,24,25)/t16-/m0/s1. The maximum atomic E-state index is 13.3. The molecule has 2 aliphatic heterocycles. The third-order valence-corrected chi connectivity index (χ3v) is 7.54. The summed E-state index contributed by atoms with van der Waals surface area (Å²) in [7, 11) is 0. The molecule has 30 heavy (non-hydrogen) atoms. The summed E-state index contributed by atoms with van der Waals surface area (Å²) < 4.78 is 0. The Kier molecular flexibility index (Phi) is 6.51. The Morgan fingerprint density at radius 2 is 2.13 bits per heavy atom. The molecule has 4 rings (SSSR count). The molecule has 162 valence electrons. The smallest absolute Gasteiger partial charge is 0.264 e. The predicted octanol–water partition coefficient (Wildman–Crippen LogP) is 3.83. The first kappa shape index (κ1) is 21.0. The van der Waals surface area contributed by atoms with Gasteiger partial charge in [0.2, 0.25) is 5.91 Å². The van der Waals surface area contributed by atoms with Crippen LogP contribution in [-0.4, -0.2) is 63.8 Å². The second-order valence-corrected chi connectivity index (χ2v) is 9.28. The molecule has 0 aromatic carbocycles. The number of amides is 2. The van der Waals surface area contributed by atoms with Crippen LogP contribution in [0.5, 0.6) is 0 Å². The lowest BCUT2D eigenvalue weighted by Gasteiger charge is -2.35. The molecule has 2 aromatic rings. The Morgan fingerprint density at radius 3 is 2.90 bits per heavy atom. The maximum Gasteiger partial charge on any atom is 0.264 e. The molecule has 0 radical (unpaired) electrons. The van der Waals surface area contributed by atoms with Gasteiger partial charge in [0.05, 0.1) is 10.3 Å². The van der Waals surface area contributed by atoms with Gasteiger partial charge in [0, 0.05) is 38.6 Å². The van der Waals surface area contributed by atoms with Crippen LogP contribution in [0.4, 0.5) is 5.82 Å². The number of carbonyl (C=O) groups is 2. The fraction of sp³-hybridized carbons (Fsp3) is 0.636. The number of hydrogen-bond acceptors (Lipinski definition) is 6. The maximum absolute atomic E-state index is 13.3. The highest BCUT2D eigenvalue weighted by molar-refractivity contribution is 7.20. The number of rotatable bonds is 7. The van der Waals surface area contributed by atoms with Crippen LogP contribution in [0.1, 0.15) is 67.1 Å². The van der Waals surface area contributed by atoms with Gasteiger partial charge in [-0.3, -0.25) is 9.59 Å². The molecule has 7 nitrogen and oxygen atoms in total. The summed E-state index contributed by atoms with van der Waals surface area (Å²) in [5, 5.41) is 4.36. The van der Waals surface area contributed by atoms with Gasteiger partial charge in [-0.05, 0) is 51.0 Å². The van der Waals surface area contributed by atoms with Gasteiger partial charge in [-0.2, -0.15) is 0 Å². The third-order valence-electron chi connectivity index (χ3n) is 6.35. The Labute approximate surface area is 181 Å². The van der Waals surface area contributed by atoms with Crippen molar-refractivity contribution in [3.8, 4) is 0 Å². The second kappa shape index (κ2) is 9.29. The number of fused-ring (bicyclic) bond motifs is 1. The Bertz CT molecular complexity index is 928. The first-order valence-corrected chi connectivity index (χ1v) is 12.0. The van der Waals surface area contributed by atoms with E-state index in [1.165, 1.54) is 17.8 Å². The average Bonchev–Trinajstić information content (AvgIpc) is 3.33. The zero-order valence-corrected chi connectivity index (χ0v) is 18.8. The van der Waals surface area contributed by atoms with Gasteiger partial charge < -0.3 is 15.1 Å². The number of nitrogens with one attached hydrogen (secondary N) is 1. The van der Waals surface area contributed by atoms with Gasteiger partial charge in [-0.25, -0.2) is 9.97 Å². The van der Waals surface area contributed by atoms with Crippen LogP contribution < -0.4 is 5.32 Å². The monoisotopic (exact) mass is 429 g/mol. The van der Waals surface area contributed by atoms with Crippen molar-refractivity contribution in [1.82, 2.24) is 19.8 Å². The fourth-order valence-corrected chi connectivity index (χ4v) is 5.75. The summed E-state index contributed by atoms with van der Waals surface area (Å²) in [6, 6.07) is 0.341. The number of anilines is 1. The lowest BCUT2D eigenvalue weighted by molar-refractivity contribution is -0.127. The topological polar surface area (TPSA) is 78.4 Å². The van der Waals surface area contributed by atoms with E-state index in [1.54, 1.807) is 6.33 Å². The lowest BCUT2D eigenvalue weighted by atomic mass is 9.99. The number of piperidine rings is 1. The molecule has 2 amide bonds. The molecule has 2 fully saturated rings. The van der Waals surface area contributed by atoms with Gasteiger partial charge in [-0.15, -0.1) is 11.3 Å². The average molecular weight is 430 g/mol. The second-order valence-electron chi connectivity index (χ2n) is 8.28. The van der Waals surface area contributed by atoms with Crippen molar-refractivity contribution in [3.05, 3.63) is 16.8 Å². The molecular formula is C22H31N5O2S. The number of aromatic nitrogens is 2. The van der Waals surface area contributed by atoms with E-state index in [4.69, 9.17) is 0 Å². The summed E-state index contributed by atoms with van der Waals surface area (Å²) >= 11 is 1.48. The SMILES string of the molecule is CC[C@H]1CCCCN1C(=O)c1sc2ncnc(NCCCN3CCCC3=O)c2c1C. The van der Waals surface area contributed by atoms with Gasteiger partial charge in [0.15, 0.2) is 0 Å². The molecule has 2 aromatic heterocycles. The van der Waals surface area contributed by atoms with Crippen molar-refractivity contribution in [2.24, 2.45) is 0 Å². The molecule has 0 aliphatic carbocycles. The van der Waals surface area contributed by atoms with Crippen molar-refractivity contribution in [3.63, 3.8) is 0 Å². The predicted molar refractivity (Wildman–Crippen MR) is 120 cm³/mol.